The largest absolute Gasteiger partial charge is 0.476 e. The van der Waals surface area contributed by atoms with E-state index in [9.17, 15) is 4.79 Å². The molecule has 0 radical (unpaired) electrons. The van der Waals surface area contributed by atoms with Crippen LogP contribution in [0.5, 0.6) is 0 Å². The molecule has 2 heterocycles. The molecule has 0 aromatic carbocycles. The van der Waals surface area contributed by atoms with Gasteiger partial charge in [-0.1, -0.05) is 0 Å². The lowest BCUT2D eigenvalue weighted by molar-refractivity contribution is 0.0693. The number of aryl methyl sites for hydroxylation is 1. The molecule has 0 saturated heterocycles. The summed E-state index contributed by atoms with van der Waals surface area (Å²) >= 11 is 1.54. The second-order valence-corrected chi connectivity index (χ2v) is 3.67. The predicted octanol–water partition coefficient (Wildman–Crippen LogP) is 2.30. The topological polar surface area (TPSA) is 50.2 Å². The monoisotopic (exact) mass is 193 g/mol. The zero-order valence-corrected chi connectivity index (χ0v) is 7.76. The predicted molar refractivity (Wildman–Crippen MR) is 51.3 cm³/mol. The molecule has 0 aliphatic heterocycles. The van der Waals surface area contributed by atoms with E-state index in [1.54, 1.807) is 11.3 Å². The number of thiophene rings is 1. The van der Waals surface area contributed by atoms with Crippen molar-refractivity contribution in [1.82, 2.24) is 4.98 Å². The summed E-state index contributed by atoms with van der Waals surface area (Å²) in [6, 6.07) is 1.83. The van der Waals surface area contributed by atoms with E-state index >= 15 is 0 Å². The summed E-state index contributed by atoms with van der Waals surface area (Å²) in [5, 5.41) is 11.6. The maximum absolute atomic E-state index is 10.8. The number of nitrogens with zero attached hydrogens (tertiary/aromatic N) is 1. The molecule has 66 valence electrons. The van der Waals surface area contributed by atoms with Crippen LogP contribution in [0.3, 0.4) is 0 Å². The van der Waals surface area contributed by atoms with E-state index in [0.717, 1.165) is 15.6 Å². The number of rotatable bonds is 1. The quantitative estimate of drug-likeness (QED) is 0.756. The van der Waals surface area contributed by atoms with E-state index in [1.165, 1.54) is 6.20 Å². The van der Waals surface area contributed by atoms with Crippen LogP contribution in [0.4, 0.5) is 0 Å². The first-order valence-electron chi connectivity index (χ1n) is 3.76. The Morgan fingerprint density at radius 1 is 1.62 bits per heavy atom. The van der Waals surface area contributed by atoms with Gasteiger partial charge in [-0.25, -0.2) is 9.78 Å². The minimum Gasteiger partial charge on any atom is -0.476 e. The van der Waals surface area contributed by atoms with E-state index in [2.05, 4.69) is 4.98 Å². The summed E-state index contributed by atoms with van der Waals surface area (Å²) in [5.41, 5.74) is 1.13. The molecule has 0 atom stereocenters. The van der Waals surface area contributed by atoms with Crippen molar-refractivity contribution in [3.63, 3.8) is 0 Å². The molecule has 0 aliphatic rings. The highest BCUT2D eigenvalue weighted by molar-refractivity contribution is 7.17. The summed E-state index contributed by atoms with van der Waals surface area (Å²) in [6.07, 6.45) is 1.53. The van der Waals surface area contributed by atoms with Crippen molar-refractivity contribution in [2.24, 2.45) is 0 Å². The molecule has 2 aromatic rings. The van der Waals surface area contributed by atoms with Gasteiger partial charge in [0, 0.05) is 16.3 Å². The zero-order chi connectivity index (χ0) is 9.42. The van der Waals surface area contributed by atoms with Crippen LogP contribution >= 0.6 is 11.3 Å². The summed E-state index contributed by atoms with van der Waals surface area (Å²) in [5.74, 6) is -0.966. The highest BCUT2D eigenvalue weighted by atomic mass is 32.1. The number of carboxylic acids is 1. The molecular formula is C9H7NO2S. The summed E-state index contributed by atoms with van der Waals surface area (Å²) in [7, 11) is 0. The number of aromatic carboxylic acids is 1. The van der Waals surface area contributed by atoms with Gasteiger partial charge < -0.3 is 5.11 Å². The molecule has 2 aromatic heterocycles. The molecule has 3 nitrogen and oxygen atoms in total. The Balaban J connectivity index is 2.88. The number of hydrogen-bond acceptors (Lipinski definition) is 3. The Morgan fingerprint density at radius 2 is 2.38 bits per heavy atom. The van der Waals surface area contributed by atoms with Gasteiger partial charge in [-0.15, -0.1) is 11.3 Å². The lowest BCUT2D eigenvalue weighted by Gasteiger charge is -1.96. The van der Waals surface area contributed by atoms with Crippen LogP contribution in [0.15, 0.2) is 17.6 Å². The third-order valence-corrected chi connectivity index (χ3v) is 2.94. The first-order chi connectivity index (χ1) is 6.20. The van der Waals surface area contributed by atoms with Gasteiger partial charge in [0.05, 0.1) is 0 Å². The molecule has 0 amide bonds. The standard InChI is InChI=1S/C9H7NO2S/c1-5-4-13-6-2-3-10-8(7(5)6)9(11)12/h2-4H,1H3,(H,11,12). The average Bonchev–Trinajstić information content (AvgIpc) is 2.48. The lowest BCUT2D eigenvalue weighted by Crippen LogP contribution is -2.00. The Hall–Kier alpha value is -1.42. The number of aromatic nitrogens is 1. The molecule has 4 heteroatoms. The summed E-state index contributed by atoms with van der Waals surface area (Å²) in [6.45, 7) is 1.90. The second kappa shape index (κ2) is 2.81. The van der Waals surface area contributed by atoms with Crippen LogP contribution in [0.25, 0.3) is 10.1 Å². The maximum atomic E-state index is 10.8. The molecule has 13 heavy (non-hydrogen) atoms. The van der Waals surface area contributed by atoms with Crippen LogP contribution < -0.4 is 0 Å². The van der Waals surface area contributed by atoms with Gasteiger partial charge in [0.1, 0.15) is 0 Å². The molecular weight excluding hydrogens is 186 g/mol. The smallest absolute Gasteiger partial charge is 0.355 e. The van der Waals surface area contributed by atoms with Crippen LogP contribution in [0.2, 0.25) is 0 Å². The van der Waals surface area contributed by atoms with Crippen LogP contribution in [0, 0.1) is 6.92 Å². The van der Waals surface area contributed by atoms with Gasteiger partial charge >= 0.3 is 5.97 Å². The Labute approximate surface area is 78.7 Å². The van der Waals surface area contributed by atoms with Crippen molar-refractivity contribution in [3.8, 4) is 0 Å². The number of fused-ring (bicyclic) bond motifs is 1. The summed E-state index contributed by atoms with van der Waals surface area (Å²) in [4.78, 5) is 14.7. The van der Waals surface area contributed by atoms with Crippen LogP contribution in [0.1, 0.15) is 16.1 Å². The molecule has 0 fully saturated rings. The zero-order valence-electron chi connectivity index (χ0n) is 6.94. The van der Waals surface area contributed by atoms with Gasteiger partial charge in [0.2, 0.25) is 0 Å². The fourth-order valence-electron chi connectivity index (χ4n) is 1.30. The first kappa shape index (κ1) is 8.19. The van der Waals surface area contributed by atoms with E-state index in [0.29, 0.717) is 0 Å². The van der Waals surface area contributed by atoms with Crippen molar-refractivity contribution in [2.45, 2.75) is 6.92 Å². The van der Waals surface area contributed by atoms with Gasteiger partial charge in [-0.3, -0.25) is 0 Å². The third-order valence-electron chi connectivity index (χ3n) is 1.87. The average molecular weight is 193 g/mol. The molecule has 1 N–H and O–H groups in total. The molecule has 2 rings (SSSR count). The number of hydrogen-bond donors (Lipinski definition) is 1. The molecule has 0 spiro atoms. The molecule has 0 aliphatic carbocycles. The molecule has 0 saturated carbocycles. The van der Waals surface area contributed by atoms with Crippen LogP contribution in [-0.2, 0) is 0 Å². The van der Waals surface area contributed by atoms with Crippen molar-refractivity contribution in [3.05, 3.63) is 28.9 Å². The van der Waals surface area contributed by atoms with Gasteiger partial charge in [0.25, 0.3) is 0 Å². The van der Waals surface area contributed by atoms with E-state index < -0.39 is 5.97 Å². The van der Waals surface area contributed by atoms with Crippen LogP contribution in [-0.4, -0.2) is 16.1 Å². The Bertz CT molecular complexity index is 475. The van der Waals surface area contributed by atoms with Crippen molar-refractivity contribution < 1.29 is 9.90 Å². The highest BCUT2D eigenvalue weighted by Gasteiger charge is 2.12. The first-order valence-corrected chi connectivity index (χ1v) is 4.64. The van der Waals surface area contributed by atoms with E-state index in [4.69, 9.17) is 5.11 Å². The van der Waals surface area contributed by atoms with Crippen molar-refractivity contribution in [1.29, 1.82) is 0 Å². The normalized spacial score (nSPS) is 10.5. The lowest BCUT2D eigenvalue weighted by atomic mass is 10.2. The molecule has 0 bridgehead atoms. The van der Waals surface area contributed by atoms with Gasteiger partial charge in [-0.2, -0.15) is 0 Å². The number of pyridine rings is 1. The minimum absolute atomic E-state index is 0.149. The summed E-state index contributed by atoms with van der Waals surface area (Å²) < 4.78 is 0.977. The van der Waals surface area contributed by atoms with E-state index in [-0.39, 0.29) is 5.69 Å². The van der Waals surface area contributed by atoms with Crippen molar-refractivity contribution >= 4 is 27.4 Å². The van der Waals surface area contributed by atoms with E-state index in [1.807, 2.05) is 18.4 Å². The molecule has 0 unspecified atom stereocenters. The van der Waals surface area contributed by atoms with Gasteiger partial charge in [-0.05, 0) is 23.9 Å². The fourth-order valence-corrected chi connectivity index (χ4v) is 2.23. The minimum atomic E-state index is -0.966. The second-order valence-electron chi connectivity index (χ2n) is 2.76. The fraction of sp³-hybridized carbons (Fsp3) is 0.111. The highest BCUT2D eigenvalue weighted by Crippen LogP contribution is 2.26. The number of carboxylic acid groups (broad SMARTS) is 1. The van der Waals surface area contributed by atoms with Gasteiger partial charge in [0.15, 0.2) is 5.69 Å². The maximum Gasteiger partial charge on any atom is 0.355 e. The Kier molecular flexibility index (Phi) is 1.77. The number of carbonyl (C=O) groups is 1. The Morgan fingerprint density at radius 3 is 3.08 bits per heavy atom. The third kappa shape index (κ3) is 1.19. The van der Waals surface area contributed by atoms with Crippen molar-refractivity contribution in [2.75, 3.05) is 0 Å². The SMILES string of the molecule is Cc1csc2ccnc(C(=O)O)c12.